The van der Waals surface area contributed by atoms with Crippen LogP contribution < -0.4 is 4.72 Å². The number of aromatic nitrogens is 1. The Hall–Kier alpha value is -1.37. The van der Waals surface area contributed by atoms with Crippen LogP contribution in [0.3, 0.4) is 0 Å². The fourth-order valence-electron chi connectivity index (χ4n) is 2.70. The van der Waals surface area contributed by atoms with E-state index in [0.29, 0.717) is 25.6 Å². The molecule has 0 bridgehead atoms. The lowest BCUT2D eigenvalue weighted by Crippen LogP contribution is -2.44. The summed E-state index contributed by atoms with van der Waals surface area (Å²) in [5.41, 5.74) is 2.03. The van der Waals surface area contributed by atoms with Crippen molar-refractivity contribution in [2.45, 2.75) is 26.3 Å². The first-order valence-electron chi connectivity index (χ1n) is 7.35. The summed E-state index contributed by atoms with van der Waals surface area (Å²) in [4.78, 5) is 3.13. The fourth-order valence-corrected chi connectivity index (χ4v) is 3.93. The molecule has 0 amide bonds. The Bertz CT molecular complexity index is 715. The van der Waals surface area contributed by atoms with Gasteiger partial charge in [-0.05, 0) is 47.9 Å². The topological polar surface area (TPSA) is 65.2 Å². The molecule has 21 heavy (non-hydrogen) atoms. The molecule has 1 aliphatic heterocycles. The third-order valence-electron chi connectivity index (χ3n) is 4.16. The predicted octanol–water partition coefficient (Wildman–Crippen LogP) is 2.23. The number of rotatable bonds is 4. The van der Waals surface area contributed by atoms with Gasteiger partial charge in [-0.15, -0.1) is 0 Å². The molecular formula is C15H21N3O2S. The van der Waals surface area contributed by atoms with Crippen molar-refractivity contribution in [1.29, 1.82) is 0 Å². The van der Waals surface area contributed by atoms with Crippen molar-refractivity contribution in [2.75, 3.05) is 13.1 Å². The first kappa shape index (κ1) is 14.6. The van der Waals surface area contributed by atoms with Gasteiger partial charge in [-0.25, -0.2) is 0 Å². The summed E-state index contributed by atoms with van der Waals surface area (Å²) in [7, 11) is -3.37. The maximum atomic E-state index is 12.3. The number of hydrogen-bond donors (Lipinski definition) is 2. The van der Waals surface area contributed by atoms with Crippen molar-refractivity contribution in [3.63, 3.8) is 0 Å². The number of nitrogens with one attached hydrogen (secondary N) is 2. The van der Waals surface area contributed by atoms with Crippen LogP contribution in [0.4, 0.5) is 0 Å². The van der Waals surface area contributed by atoms with Crippen molar-refractivity contribution >= 4 is 21.1 Å². The van der Waals surface area contributed by atoms with E-state index in [9.17, 15) is 8.42 Å². The highest BCUT2D eigenvalue weighted by Gasteiger charge is 2.25. The number of hydrogen-bond acceptors (Lipinski definition) is 2. The highest BCUT2D eigenvalue weighted by Crippen LogP contribution is 2.19. The van der Waals surface area contributed by atoms with Crippen molar-refractivity contribution < 1.29 is 8.42 Å². The molecule has 1 fully saturated rings. The summed E-state index contributed by atoms with van der Waals surface area (Å²) in [6, 6.07) is 7.91. The van der Waals surface area contributed by atoms with Gasteiger partial charge >= 0.3 is 0 Å². The molecule has 1 aromatic carbocycles. The summed E-state index contributed by atoms with van der Waals surface area (Å²) >= 11 is 0. The van der Waals surface area contributed by atoms with Crippen LogP contribution >= 0.6 is 0 Å². The second-order valence-electron chi connectivity index (χ2n) is 5.81. The summed E-state index contributed by atoms with van der Waals surface area (Å²) in [5.74, 6) is 0.618. The molecule has 0 unspecified atom stereocenters. The van der Waals surface area contributed by atoms with Crippen LogP contribution in [0, 0.1) is 5.92 Å². The molecule has 0 atom stereocenters. The normalized spacial score (nSPS) is 18.3. The molecule has 0 spiro atoms. The van der Waals surface area contributed by atoms with Gasteiger partial charge in [0.2, 0.25) is 0 Å². The quantitative estimate of drug-likeness (QED) is 0.910. The van der Waals surface area contributed by atoms with Gasteiger partial charge in [0.25, 0.3) is 10.2 Å². The summed E-state index contributed by atoms with van der Waals surface area (Å²) in [6.07, 6.45) is 3.76. The first-order chi connectivity index (χ1) is 10.0. The minimum atomic E-state index is -3.37. The Balaban J connectivity index is 1.65. The van der Waals surface area contributed by atoms with Crippen LogP contribution in [-0.2, 0) is 16.8 Å². The van der Waals surface area contributed by atoms with E-state index in [1.54, 1.807) is 4.31 Å². The van der Waals surface area contributed by atoms with E-state index in [-0.39, 0.29) is 0 Å². The average molecular weight is 307 g/mol. The number of benzene rings is 1. The van der Waals surface area contributed by atoms with E-state index in [1.165, 1.54) is 0 Å². The molecule has 0 radical (unpaired) electrons. The van der Waals surface area contributed by atoms with Crippen molar-refractivity contribution in [2.24, 2.45) is 5.92 Å². The van der Waals surface area contributed by atoms with E-state index in [1.807, 2.05) is 30.5 Å². The summed E-state index contributed by atoms with van der Waals surface area (Å²) in [5, 5.41) is 1.10. The number of H-pyrrole nitrogens is 1. The molecule has 3 rings (SSSR count). The first-order valence-corrected chi connectivity index (χ1v) is 8.79. The zero-order valence-electron chi connectivity index (χ0n) is 12.2. The zero-order chi connectivity index (χ0) is 14.9. The SMILES string of the molecule is CC1CCN(S(=O)(=O)NCc2ccc3[nH]ccc3c2)CC1. The van der Waals surface area contributed by atoms with Gasteiger partial charge in [0.05, 0.1) is 0 Å². The van der Waals surface area contributed by atoms with Crippen LogP contribution in [0.2, 0.25) is 0 Å². The van der Waals surface area contributed by atoms with Gasteiger partial charge in [0.15, 0.2) is 0 Å². The summed E-state index contributed by atoms with van der Waals surface area (Å²) < 4.78 is 28.8. The molecule has 6 heteroatoms. The number of nitrogens with zero attached hydrogens (tertiary/aromatic N) is 1. The van der Waals surface area contributed by atoms with E-state index in [0.717, 1.165) is 29.3 Å². The van der Waals surface area contributed by atoms with Crippen molar-refractivity contribution in [1.82, 2.24) is 14.0 Å². The van der Waals surface area contributed by atoms with Crippen molar-refractivity contribution in [3.8, 4) is 0 Å². The summed E-state index contributed by atoms with van der Waals surface area (Å²) in [6.45, 7) is 3.74. The fraction of sp³-hybridized carbons (Fsp3) is 0.467. The third-order valence-corrected chi connectivity index (χ3v) is 5.71. The van der Waals surface area contributed by atoms with Gasteiger partial charge in [-0.2, -0.15) is 17.4 Å². The molecule has 1 saturated heterocycles. The average Bonchev–Trinajstić information content (AvgIpc) is 2.93. The van der Waals surface area contributed by atoms with Gasteiger partial charge in [0, 0.05) is 31.3 Å². The maximum Gasteiger partial charge on any atom is 0.279 e. The van der Waals surface area contributed by atoms with Gasteiger partial charge < -0.3 is 4.98 Å². The van der Waals surface area contributed by atoms with Crippen LogP contribution in [-0.4, -0.2) is 30.8 Å². The minimum Gasteiger partial charge on any atom is -0.361 e. The molecule has 0 aliphatic carbocycles. The number of aromatic amines is 1. The minimum absolute atomic E-state index is 0.329. The van der Waals surface area contributed by atoms with E-state index >= 15 is 0 Å². The molecule has 114 valence electrons. The Labute approximate surface area is 125 Å². The number of piperidine rings is 1. The smallest absolute Gasteiger partial charge is 0.279 e. The molecule has 1 aromatic heterocycles. The Morgan fingerprint density at radius 1 is 1.29 bits per heavy atom. The second-order valence-corrected chi connectivity index (χ2v) is 7.56. The standard InChI is InChI=1S/C15H21N3O2S/c1-12-5-8-18(9-6-12)21(19,20)17-11-13-2-3-15-14(10-13)4-7-16-15/h2-4,7,10,12,16-17H,5-6,8-9,11H2,1H3. The Morgan fingerprint density at radius 3 is 2.81 bits per heavy atom. The highest BCUT2D eigenvalue weighted by atomic mass is 32.2. The van der Waals surface area contributed by atoms with Gasteiger partial charge in [-0.1, -0.05) is 13.0 Å². The lowest BCUT2D eigenvalue weighted by molar-refractivity contribution is 0.285. The van der Waals surface area contributed by atoms with E-state index < -0.39 is 10.2 Å². The van der Waals surface area contributed by atoms with E-state index in [4.69, 9.17) is 0 Å². The van der Waals surface area contributed by atoms with Crippen LogP contribution in [0.5, 0.6) is 0 Å². The monoisotopic (exact) mass is 307 g/mol. The molecule has 2 aromatic rings. The molecule has 1 aliphatic rings. The zero-order valence-corrected chi connectivity index (χ0v) is 13.0. The lowest BCUT2D eigenvalue weighted by Gasteiger charge is -2.29. The Morgan fingerprint density at radius 2 is 2.05 bits per heavy atom. The number of fused-ring (bicyclic) bond motifs is 1. The Kier molecular flexibility index (Phi) is 4.01. The highest BCUT2D eigenvalue weighted by molar-refractivity contribution is 7.87. The molecule has 2 N–H and O–H groups in total. The second kappa shape index (κ2) is 5.79. The predicted molar refractivity (Wildman–Crippen MR) is 84.0 cm³/mol. The molecule has 5 nitrogen and oxygen atoms in total. The lowest BCUT2D eigenvalue weighted by atomic mass is 10.0. The maximum absolute atomic E-state index is 12.3. The molecule has 0 saturated carbocycles. The van der Waals surface area contributed by atoms with E-state index in [2.05, 4.69) is 16.6 Å². The van der Waals surface area contributed by atoms with Gasteiger partial charge in [-0.3, -0.25) is 0 Å². The van der Waals surface area contributed by atoms with Crippen molar-refractivity contribution in [3.05, 3.63) is 36.0 Å². The van der Waals surface area contributed by atoms with Crippen LogP contribution in [0.1, 0.15) is 25.3 Å². The third kappa shape index (κ3) is 3.28. The largest absolute Gasteiger partial charge is 0.361 e. The molecule has 2 heterocycles. The van der Waals surface area contributed by atoms with Crippen LogP contribution in [0.15, 0.2) is 30.5 Å². The molecular weight excluding hydrogens is 286 g/mol. The van der Waals surface area contributed by atoms with Crippen LogP contribution in [0.25, 0.3) is 10.9 Å². The van der Waals surface area contributed by atoms with Gasteiger partial charge in [0.1, 0.15) is 0 Å².